The number of methoxy groups -OCH3 is 1. The quantitative estimate of drug-likeness (QED) is 0.883. The second-order valence-corrected chi connectivity index (χ2v) is 4.96. The summed E-state index contributed by atoms with van der Waals surface area (Å²) in [6.45, 7) is 2.89. The van der Waals surface area contributed by atoms with Crippen LogP contribution in [0.2, 0.25) is 0 Å². The van der Waals surface area contributed by atoms with Gasteiger partial charge in [-0.15, -0.1) is 0 Å². The maximum Gasteiger partial charge on any atom is 0.406 e. The van der Waals surface area contributed by atoms with E-state index in [4.69, 9.17) is 0 Å². The first-order valence-corrected chi connectivity index (χ1v) is 6.89. The van der Waals surface area contributed by atoms with Crippen molar-refractivity contribution >= 4 is 6.09 Å². The predicted octanol–water partition coefficient (Wildman–Crippen LogP) is 2.05. The third kappa shape index (κ3) is 4.24. The van der Waals surface area contributed by atoms with Crippen LogP contribution >= 0.6 is 0 Å². The summed E-state index contributed by atoms with van der Waals surface area (Å²) in [5, 5.41) is 2.83. The molecule has 0 saturated carbocycles. The molecule has 1 aliphatic rings. The van der Waals surface area contributed by atoms with E-state index in [2.05, 4.69) is 39.2 Å². The van der Waals surface area contributed by atoms with Crippen LogP contribution in [0.1, 0.15) is 18.4 Å². The Morgan fingerprint density at radius 3 is 2.63 bits per heavy atom. The average molecular weight is 262 g/mol. The van der Waals surface area contributed by atoms with Gasteiger partial charge in [-0.25, -0.2) is 4.79 Å². The van der Waals surface area contributed by atoms with Gasteiger partial charge in [-0.3, -0.25) is 4.90 Å². The largest absolute Gasteiger partial charge is 0.453 e. The van der Waals surface area contributed by atoms with Crippen molar-refractivity contribution in [3.63, 3.8) is 0 Å². The number of likely N-dealkylation sites (tertiary alicyclic amines) is 1. The molecule has 1 saturated heterocycles. The highest BCUT2D eigenvalue weighted by Crippen LogP contribution is 2.15. The standard InChI is InChI=1S/C15H22N2O2/c1-19-15(18)16-12-14(17-9-5-6-10-17)11-13-7-3-2-4-8-13/h2-4,7-8,14H,5-6,9-12H2,1H3,(H,16,18). The van der Waals surface area contributed by atoms with Gasteiger partial charge in [-0.1, -0.05) is 30.3 Å². The SMILES string of the molecule is COC(=O)NCC(Cc1ccccc1)N1CCCC1. The van der Waals surface area contributed by atoms with E-state index < -0.39 is 0 Å². The van der Waals surface area contributed by atoms with Crippen LogP contribution < -0.4 is 5.32 Å². The van der Waals surface area contributed by atoms with Gasteiger partial charge in [0.1, 0.15) is 0 Å². The van der Waals surface area contributed by atoms with E-state index >= 15 is 0 Å². The second-order valence-electron chi connectivity index (χ2n) is 4.96. The number of carbonyl (C=O) groups excluding carboxylic acids is 1. The molecule has 1 N–H and O–H groups in total. The van der Waals surface area contributed by atoms with Gasteiger partial charge in [0.2, 0.25) is 0 Å². The summed E-state index contributed by atoms with van der Waals surface area (Å²) >= 11 is 0. The minimum Gasteiger partial charge on any atom is -0.453 e. The van der Waals surface area contributed by atoms with Crippen molar-refractivity contribution in [3.8, 4) is 0 Å². The smallest absolute Gasteiger partial charge is 0.406 e. The molecule has 1 aromatic carbocycles. The minimum absolute atomic E-state index is 0.350. The lowest BCUT2D eigenvalue weighted by Gasteiger charge is -2.27. The van der Waals surface area contributed by atoms with Crippen molar-refractivity contribution in [2.75, 3.05) is 26.7 Å². The molecule has 0 spiro atoms. The van der Waals surface area contributed by atoms with Gasteiger partial charge in [-0.05, 0) is 37.9 Å². The molecule has 0 bridgehead atoms. The lowest BCUT2D eigenvalue weighted by molar-refractivity contribution is 0.163. The van der Waals surface area contributed by atoms with Crippen molar-refractivity contribution in [2.24, 2.45) is 0 Å². The van der Waals surface area contributed by atoms with Crippen LogP contribution in [0.3, 0.4) is 0 Å². The van der Waals surface area contributed by atoms with E-state index in [1.807, 2.05) is 6.07 Å². The van der Waals surface area contributed by atoms with Crippen molar-refractivity contribution in [1.29, 1.82) is 0 Å². The molecule has 2 rings (SSSR count). The number of rotatable bonds is 5. The van der Waals surface area contributed by atoms with E-state index in [9.17, 15) is 4.79 Å². The summed E-state index contributed by atoms with van der Waals surface area (Å²) < 4.78 is 4.64. The number of hydrogen-bond donors (Lipinski definition) is 1. The second kappa shape index (κ2) is 7.14. The Labute approximate surface area is 114 Å². The first kappa shape index (κ1) is 13.9. The van der Waals surface area contributed by atoms with Crippen molar-refractivity contribution in [1.82, 2.24) is 10.2 Å². The molecule has 0 aliphatic carbocycles. The highest BCUT2D eigenvalue weighted by atomic mass is 16.5. The molecule has 1 aliphatic heterocycles. The van der Waals surface area contributed by atoms with Crippen LogP contribution in [0.5, 0.6) is 0 Å². The lowest BCUT2D eigenvalue weighted by Crippen LogP contribution is -2.43. The fourth-order valence-electron chi connectivity index (χ4n) is 2.60. The zero-order chi connectivity index (χ0) is 13.5. The number of alkyl carbamates (subject to hydrolysis) is 1. The Bertz CT molecular complexity index is 388. The van der Waals surface area contributed by atoms with E-state index in [0.717, 1.165) is 19.5 Å². The van der Waals surface area contributed by atoms with Gasteiger partial charge < -0.3 is 10.1 Å². The maximum atomic E-state index is 11.2. The van der Waals surface area contributed by atoms with Crippen LogP contribution in [0.15, 0.2) is 30.3 Å². The third-order valence-electron chi connectivity index (χ3n) is 3.64. The molecular formula is C15H22N2O2. The van der Waals surface area contributed by atoms with Crippen LogP contribution in [0.25, 0.3) is 0 Å². The van der Waals surface area contributed by atoms with Crippen LogP contribution in [-0.4, -0.2) is 43.8 Å². The van der Waals surface area contributed by atoms with Crippen LogP contribution in [0, 0.1) is 0 Å². The fraction of sp³-hybridized carbons (Fsp3) is 0.533. The number of hydrogen-bond acceptors (Lipinski definition) is 3. The van der Waals surface area contributed by atoms with Crippen molar-refractivity contribution < 1.29 is 9.53 Å². The minimum atomic E-state index is -0.350. The molecule has 1 fully saturated rings. The number of carbonyl (C=O) groups is 1. The Morgan fingerprint density at radius 2 is 2.00 bits per heavy atom. The summed E-state index contributed by atoms with van der Waals surface area (Å²) in [6.07, 6.45) is 3.12. The number of ether oxygens (including phenoxy) is 1. The molecule has 4 nitrogen and oxygen atoms in total. The van der Waals surface area contributed by atoms with Gasteiger partial charge in [0.15, 0.2) is 0 Å². The zero-order valence-corrected chi connectivity index (χ0v) is 11.5. The monoisotopic (exact) mass is 262 g/mol. The van der Waals surface area contributed by atoms with Gasteiger partial charge >= 0.3 is 6.09 Å². The summed E-state index contributed by atoms with van der Waals surface area (Å²) in [6, 6.07) is 10.8. The number of nitrogens with one attached hydrogen (secondary N) is 1. The normalized spacial score (nSPS) is 17.1. The molecule has 4 heteroatoms. The van der Waals surface area contributed by atoms with Crippen LogP contribution in [-0.2, 0) is 11.2 Å². The summed E-state index contributed by atoms with van der Waals surface area (Å²) in [7, 11) is 1.40. The highest BCUT2D eigenvalue weighted by Gasteiger charge is 2.22. The number of amides is 1. The summed E-state index contributed by atoms with van der Waals surface area (Å²) in [5.41, 5.74) is 1.31. The Kier molecular flexibility index (Phi) is 5.21. The molecule has 1 aromatic rings. The topological polar surface area (TPSA) is 41.6 Å². The third-order valence-corrected chi connectivity index (χ3v) is 3.64. The summed E-state index contributed by atoms with van der Waals surface area (Å²) in [4.78, 5) is 13.7. The Hall–Kier alpha value is -1.55. The Balaban J connectivity index is 1.95. The van der Waals surface area contributed by atoms with E-state index in [1.165, 1.54) is 25.5 Å². The van der Waals surface area contributed by atoms with Gasteiger partial charge in [0.05, 0.1) is 7.11 Å². The van der Waals surface area contributed by atoms with Gasteiger partial charge in [-0.2, -0.15) is 0 Å². The molecule has 0 aromatic heterocycles. The van der Waals surface area contributed by atoms with E-state index in [-0.39, 0.29) is 6.09 Å². The van der Waals surface area contributed by atoms with E-state index in [1.54, 1.807) is 0 Å². The first-order chi connectivity index (χ1) is 9.29. The molecule has 0 radical (unpaired) electrons. The predicted molar refractivity (Wildman–Crippen MR) is 75.1 cm³/mol. The average Bonchev–Trinajstić information content (AvgIpc) is 2.98. The molecule has 1 heterocycles. The Morgan fingerprint density at radius 1 is 1.32 bits per heavy atom. The lowest BCUT2D eigenvalue weighted by atomic mass is 10.0. The molecule has 1 unspecified atom stereocenters. The fourth-order valence-corrected chi connectivity index (χ4v) is 2.60. The molecule has 1 atom stereocenters. The van der Waals surface area contributed by atoms with Crippen molar-refractivity contribution in [2.45, 2.75) is 25.3 Å². The molecular weight excluding hydrogens is 240 g/mol. The van der Waals surface area contributed by atoms with Gasteiger partial charge in [0, 0.05) is 12.6 Å². The first-order valence-electron chi connectivity index (χ1n) is 6.89. The van der Waals surface area contributed by atoms with E-state index in [0.29, 0.717) is 12.6 Å². The van der Waals surface area contributed by atoms with Gasteiger partial charge in [0.25, 0.3) is 0 Å². The molecule has 104 valence electrons. The molecule has 19 heavy (non-hydrogen) atoms. The maximum absolute atomic E-state index is 11.2. The highest BCUT2D eigenvalue weighted by molar-refractivity contribution is 5.66. The zero-order valence-electron chi connectivity index (χ0n) is 11.5. The number of nitrogens with zero attached hydrogens (tertiary/aromatic N) is 1. The molecule has 1 amide bonds. The van der Waals surface area contributed by atoms with Crippen LogP contribution in [0.4, 0.5) is 4.79 Å². The number of benzene rings is 1. The summed E-state index contributed by atoms with van der Waals surface area (Å²) in [5.74, 6) is 0. The van der Waals surface area contributed by atoms with Crippen molar-refractivity contribution in [3.05, 3.63) is 35.9 Å².